The Bertz CT molecular complexity index is 211. The molecule has 0 aliphatic carbocycles. The molecular weight excluding hydrogens is 331 g/mol. The normalized spacial score (nSPS) is 9.10. The molecule has 3 nitrogen and oxygen atoms in total. The van der Waals surface area contributed by atoms with Crippen LogP contribution in [0.15, 0.2) is 5.16 Å². The van der Waals surface area contributed by atoms with Gasteiger partial charge >= 0.3 is 22.4 Å². The van der Waals surface area contributed by atoms with Crippen LogP contribution in [0.5, 0.6) is 0 Å². The summed E-state index contributed by atoms with van der Waals surface area (Å²) in [7, 11) is 3.79. The minimum Gasteiger partial charge on any atom is -0.703 e. The predicted molar refractivity (Wildman–Crippen MR) is 34.8 cm³/mol. The van der Waals surface area contributed by atoms with Gasteiger partial charge in [-0.25, -0.2) is 0 Å². The summed E-state index contributed by atoms with van der Waals surface area (Å²) in [4.78, 5) is 0. The van der Waals surface area contributed by atoms with E-state index in [1.807, 2.05) is 25.6 Å². The van der Waals surface area contributed by atoms with E-state index in [0.717, 1.165) is 5.82 Å². The Morgan fingerprint density at radius 3 is 2.20 bits per heavy atom. The van der Waals surface area contributed by atoms with Crippen LogP contribution < -0.4 is 4.57 Å². The van der Waals surface area contributed by atoms with E-state index in [4.69, 9.17) is 12.6 Å². The molecule has 0 bridgehead atoms. The van der Waals surface area contributed by atoms with Gasteiger partial charge in [-0.1, -0.05) is 0 Å². The van der Waals surface area contributed by atoms with Gasteiger partial charge in [-0.05, 0) is 0 Å². The summed E-state index contributed by atoms with van der Waals surface area (Å²) in [5.74, 6) is 1.07. The second-order valence-electron chi connectivity index (χ2n) is 2.01. The first kappa shape index (κ1) is 10.1. The van der Waals surface area contributed by atoms with Crippen molar-refractivity contribution in [3.8, 4) is 0 Å². The largest absolute Gasteiger partial charge is 1.00 e. The van der Waals surface area contributed by atoms with E-state index in [1.165, 1.54) is 0 Å². The first-order valence-electron chi connectivity index (χ1n) is 2.69. The Morgan fingerprint density at radius 1 is 1.60 bits per heavy atom. The first-order chi connectivity index (χ1) is 4.13. The van der Waals surface area contributed by atoms with Gasteiger partial charge in [0.15, 0.2) is 5.16 Å². The molecule has 60 valence electrons. The van der Waals surface area contributed by atoms with Crippen LogP contribution in [0.25, 0.3) is 0 Å². The number of hydrogen-bond donors (Lipinski definition) is 0. The average Bonchev–Trinajstić information content (AvgIpc) is 1.98. The molecule has 5 heteroatoms. The zero-order valence-corrected chi connectivity index (χ0v) is 9.03. The van der Waals surface area contributed by atoms with Crippen LogP contribution in [-0.2, 0) is 49.1 Å². The summed E-state index contributed by atoms with van der Waals surface area (Å²) < 4.78 is 3.64. The van der Waals surface area contributed by atoms with Gasteiger partial charge in [-0.2, -0.15) is 0 Å². The average molecular weight is 340 g/mol. The van der Waals surface area contributed by atoms with E-state index in [-0.39, 0.29) is 22.4 Å². The molecule has 0 aliphatic heterocycles. The molecule has 0 amide bonds. The smallest absolute Gasteiger partial charge is 0.703 e. The van der Waals surface area contributed by atoms with Crippen molar-refractivity contribution in [1.82, 2.24) is 9.78 Å². The fourth-order valence-electron chi connectivity index (χ4n) is 0.623. The van der Waals surface area contributed by atoms with E-state index >= 15 is 0 Å². The fraction of sp³-hybridized carbons (Fsp3) is 0.600. The Balaban J connectivity index is 0.000000810. The minimum atomic E-state index is 0. The second-order valence-corrected chi connectivity index (χ2v) is 2.38. The van der Waals surface area contributed by atoms with Gasteiger partial charge < -0.3 is 12.6 Å². The molecule has 1 aromatic rings. The Hall–Kier alpha value is 0.100. The minimum absolute atomic E-state index is 0. The molecule has 1 heterocycles. The van der Waals surface area contributed by atoms with Crippen molar-refractivity contribution < 1.29 is 26.9 Å². The molecule has 1 rings (SSSR count). The van der Waals surface area contributed by atoms with Crippen molar-refractivity contribution in [3.05, 3.63) is 5.82 Å². The van der Waals surface area contributed by atoms with Gasteiger partial charge in [0.2, 0.25) is 5.82 Å². The summed E-state index contributed by atoms with van der Waals surface area (Å²) in [6.07, 6.45) is 0. The quantitative estimate of drug-likeness (QED) is 0.359. The summed E-state index contributed by atoms with van der Waals surface area (Å²) in [6.45, 7) is 1.98. The SMILES string of the molecule is Cc1n(C)nc([S-])[n+]1C.[Au+]. The van der Waals surface area contributed by atoms with Gasteiger partial charge in [0, 0.05) is 12.0 Å². The number of hydrogen-bond acceptors (Lipinski definition) is 2. The van der Waals surface area contributed by atoms with Crippen LogP contribution in [0.3, 0.4) is 0 Å². The van der Waals surface area contributed by atoms with Crippen LogP contribution >= 0.6 is 0 Å². The van der Waals surface area contributed by atoms with Crippen molar-refractivity contribution in [1.29, 1.82) is 0 Å². The van der Waals surface area contributed by atoms with E-state index in [0.29, 0.717) is 5.16 Å². The molecule has 0 aromatic carbocycles. The number of rotatable bonds is 0. The fourth-order valence-corrected chi connectivity index (χ4v) is 0.878. The number of nitrogens with zero attached hydrogens (tertiary/aromatic N) is 3. The van der Waals surface area contributed by atoms with Crippen LogP contribution in [0, 0.1) is 6.92 Å². The molecule has 0 aliphatic rings. The maximum atomic E-state index is 4.89. The third-order valence-electron chi connectivity index (χ3n) is 1.48. The van der Waals surface area contributed by atoms with E-state index in [1.54, 1.807) is 4.68 Å². The Morgan fingerprint density at radius 2 is 2.10 bits per heavy atom. The zero-order chi connectivity index (χ0) is 7.02. The summed E-state index contributed by atoms with van der Waals surface area (Å²) in [5.41, 5.74) is 0. The van der Waals surface area contributed by atoms with Gasteiger partial charge in [0.05, 0.1) is 14.1 Å². The van der Waals surface area contributed by atoms with Crippen molar-refractivity contribution in [3.63, 3.8) is 0 Å². The van der Waals surface area contributed by atoms with Crippen LogP contribution in [0.2, 0.25) is 0 Å². The van der Waals surface area contributed by atoms with E-state index in [9.17, 15) is 0 Å². The third-order valence-corrected chi connectivity index (χ3v) is 1.83. The molecule has 0 fully saturated rings. The van der Waals surface area contributed by atoms with Gasteiger partial charge in [-0.3, -0.25) is 4.57 Å². The van der Waals surface area contributed by atoms with Crippen LogP contribution in [0.1, 0.15) is 5.82 Å². The summed E-state index contributed by atoms with van der Waals surface area (Å²) in [6, 6.07) is 0. The van der Waals surface area contributed by atoms with Crippen LogP contribution in [0.4, 0.5) is 0 Å². The first-order valence-corrected chi connectivity index (χ1v) is 3.10. The molecule has 0 saturated heterocycles. The monoisotopic (exact) mass is 340 g/mol. The molecule has 0 spiro atoms. The Labute approximate surface area is 81.4 Å². The van der Waals surface area contributed by atoms with Gasteiger partial charge in [-0.15, -0.1) is 4.68 Å². The van der Waals surface area contributed by atoms with Crippen molar-refractivity contribution in [2.45, 2.75) is 12.1 Å². The standard InChI is InChI=1S/C5H9N3S.Au/c1-4-7(2)5(9)6-8(4)3;/h1-3H3;/q;+1. The molecule has 10 heavy (non-hydrogen) atoms. The van der Waals surface area contributed by atoms with Crippen LogP contribution in [-0.4, -0.2) is 9.78 Å². The predicted octanol–water partition coefficient (Wildman–Crippen LogP) is -0.544. The zero-order valence-electron chi connectivity index (χ0n) is 6.05. The van der Waals surface area contributed by atoms with Gasteiger partial charge in [0.25, 0.3) is 0 Å². The molecule has 1 aromatic heterocycles. The van der Waals surface area contributed by atoms with Crippen molar-refractivity contribution >= 4 is 12.6 Å². The molecule has 0 unspecified atom stereocenters. The molecule has 0 N–H and O–H groups in total. The molecular formula is C5H9AuN3S+. The molecule has 0 saturated carbocycles. The third kappa shape index (κ3) is 1.58. The second kappa shape index (κ2) is 3.48. The van der Waals surface area contributed by atoms with Crippen molar-refractivity contribution in [2.75, 3.05) is 0 Å². The Kier molecular flexibility index (Phi) is 3.51. The van der Waals surface area contributed by atoms with Crippen molar-refractivity contribution in [2.24, 2.45) is 14.1 Å². The number of aromatic nitrogens is 3. The summed E-state index contributed by atoms with van der Waals surface area (Å²) >= 11 is 4.89. The van der Waals surface area contributed by atoms with E-state index < -0.39 is 0 Å². The van der Waals surface area contributed by atoms with Gasteiger partial charge in [0.1, 0.15) is 0 Å². The number of aryl methyl sites for hydroxylation is 1. The molecule has 0 radical (unpaired) electrons. The maximum Gasteiger partial charge on any atom is 1.00 e. The summed E-state index contributed by atoms with van der Waals surface area (Å²) in [5, 5.41) is 4.64. The molecule has 0 atom stereocenters. The van der Waals surface area contributed by atoms with E-state index in [2.05, 4.69) is 5.10 Å². The topological polar surface area (TPSA) is 21.7 Å². The maximum absolute atomic E-state index is 4.89.